The van der Waals surface area contributed by atoms with Gasteiger partial charge in [0.25, 0.3) is 5.91 Å². The van der Waals surface area contributed by atoms with Gasteiger partial charge in [0.05, 0.1) is 12.7 Å². The van der Waals surface area contributed by atoms with Gasteiger partial charge < -0.3 is 25.9 Å². The number of aromatic nitrogens is 2. The molecule has 5 rings (SSSR count). The Hall–Kier alpha value is -5.44. The summed E-state index contributed by atoms with van der Waals surface area (Å²) in [5, 5.41) is 21.7. The minimum absolute atomic E-state index is 0.0255. The number of H-pyrrole nitrogens is 1. The first-order valence-electron chi connectivity index (χ1n) is 13.0. The van der Waals surface area contributed by atoms with Crippen LogP contribution in [0.2, 0.25) is 0 Å². The third-order valence-corrected chi connectivity index (χ3v) is 6.97. The predicted molar refractivity (Wildman–Crippen MR) is 158 cm³/mol. The summed E-state index contributed by atoms with van der Waals surface area (Å²) in [6, 6.07) is 21.4. The van der Waals surface area contributed by atoms with Crippen molar-refractivity contribution in [2.24, 2.45) is 5.73 Å². The lowest BCUT2D eigenvalue weighted by atomic mass is 9.90. The number of aromatic amines is 1. The van der Waals surface area contributed by atoms with E-state index in [2.05, 4.69) is 15.3 Å². The normalized spacial score (nSPS) is 10.9. The van der Waals surface area contributed by atoms with Crippen LogP contribution in [0.3, 0.4) is 0 Å². The number of hydrogen-bond acceptors (Lipinski definition) is 5. The molecule has 0 saturated heterocycles. The highest BCUT2D eigenvalue weighted by Crippen LogP contribution is 2.33. The summed E-state index contributed by atoms with van der Waals surface area (Å²) in [6.07, 6.45) is 4.64. The lowest BCUT2D eigenvalue weighted by Crippen LogP contribution is -2.26. The Morgan fingerprint density at radius 3 is 2.56 bits per heavy atom. The number of ether oxygens (including phenoxy) is 1. The molecule has 2 aromatic heterocycles. The van der Waals surface area contributed by atoms with Crippen molar-refractivity contribution in [3.63, 3.8) is 0 Å². The summed E-state index contributed by atoms with van der Waals surface area (Å²) >= 11 is 0. The number of aromatic carboxylic acids is 1. The molecule has 0 spiro atoms. The second-order valence-electron chi connectivity index (χ2n) is 9.58. The first-order valence-corrected chi connectivity index (χ1v) is 13.0. The third kappa shape index (κ3) is 5.94. The topological polar surface area (TPSA) is 154 Å². The minimum Gasteiger partial charge on any atom is -0.497 e. The maximum Gasteiger partial charge on any atom is 0.336 e. The van der Waals surface area contributed by atoms with E-state index in [-0.39, 0.29) is 17.3 Å². The van der Waals surface area contributed by atoms with Gasteiger partial charge in [-0.1, -0.05) is 12.1 Å². The van der Waals surface area contributed by atoms with Crippen LogP contribution in [0.1, 0.15) is 43.1 Å². The fraction of sp³-hybridized carbons (Fsp3) is 0.125. The Balaban J connectivity index is 1.53. The Labute approximate surface area is 236 Å². The Bertz CT molecular complexity index is 1760. The van der Waals surface area contributed by atoms with E-state index in [1.165, 1.54) is 13.2 Å². The number of fused-ring (bicyclic) bond motifs is 1. The number of benzene rings is 3. The van der Waals surface area contributed by atoms with Gasteiger partial charge in [0, 0.05) is 59.5 Å². The standard InChI is InChI=1S/C32H29N5O4/c1-41-24-8-9-25(28(17-24)32(39)40)26-16-21(31(38)36-13-11-23-4-2-3-12-35-23)6-5-19(26)14-22-18-37-29-10-7-20(30(33)34)15-27(22)29/h2-10,12,15-18,37H,11,13-14H2,1H3,(H3,33,34)(H,36,38)(H,39,40). The van der Waals surface area contributed by atoms with Crippen LogP contribution in [0.15, 0.2) is 85.2 Å². The highest BCUT2D eigenvalue weighted by molar-refractivity contribution is 6.01. The minimum atomic E-state index is -1.10. The maximum atomic E-state index is 13.1. The number of pyridine rings is 1. The van der Waals surface area contributed by atoms with Crippen LogP contribution in [0, 0.1) is 5.41 Å². The zero-order valence-corrected chi connectivity index (χ0v) is 22.4. The number of carboxylic acid groups (broad SMARTS) is 1. The number of amides is 1. The van der Waals surface area contributed by atoms with E-state index in [1.807, 2.05) is 42.6 Å². The van der Waals surface area contributed by atoms with Gasteiger partial charge in [-0.2, -0.15) is 0 Å². The summed E-state index contributed by atoms with van der Waals surface area (Å²) in [6.45, 7) is 0.406. The Morgan fingerprint density at radius 2 is 1.83 bits per heavy atom. The lowest BCUT2D eigenvalue weighted by Gasteiger charge is -2.15. The van der Waals surface area contributed by atoms with Crippen LogP contribution in [0.25, 0.3) is 22.0 Å². The predicted octanol–water partition coefficient (Wildman–Crippen LogP) is 4.78. The molecule has 6 N–H and O–H groups in total. The van der Waals surface area contributed by atoms with Gasteiger partial charge >= 0.3 is 5.97 Å². The van der Waals surface area contributed by atoms with Gasteiger partial charge in [0.1, 0.15) is 11.6 Å². The average Bonchev–Trinajstić information content (AvgIpc) is 3.39. The van der Waals surface area contributed by atoms with Gasteiger partial charge in [0.15, 0.2) is 0 Å². The zero-order valence-electron chi connectivity index (χ0n) is 22.4. The highest BCUT2D eigenvalue weighted by Gasteiger charge is 2.19. The molecule has 0 bridgehead atoms. The van der Waals surface area contributed by atoms with Crippen molar-refractivity contribution in [1.29, 1.82) is 5.41 Å². The van der Waals surface area contributed by atoms with E-state index in [4.69, 9.17) is 15.9 Å². The van der Waals surface area contributed by atoms with E-state index in [9.17, 15) is 14.7 Å². The molecular formula is C32H29N5O4. The molecule has 0 aliphatic heterocycles. The number of nitrogen functional groups attached to an aromatic ring is 1. The molecule has 3 aromatic carbocycles. The smallest absolute Gasteiger partial charge is 0.336 e. The van der Waals surface area contributed by atoms with E-state index < -0.39 is 5.97 Å². The lowest BCUT2D eigenvalue weighted by molar-refractivity contribution is 0.0697. The molecule has 206 valence electrons. The molecule has 2 heterocycles. The number of methoxy groups -OCH3 is 1. The van der Waals surface area contributed by atoms with Crippen molar-refractivity contribution in [3.05, 3.63) is 119 Å². The van der Waals surface area contributed by atoms with Gasteiger partial charge in [-0.25, -0.2) is 4.79 Å². The number of hydrogen-bond donors (Lipinski definition) is 5. The molecule has 5 aromatic rings. The largest absolute Gasteiger partial charge is 0.497 e. The van der Waals surface area contributed by atoms with Crippen LogP contribution >= 0.6 is 0 Å². The average molecular weight is 548 g/mol. The fourth-order valence-corrected chi connectivity index (χ4v) is 4.83. The molecule has 0 radical (unpaired) electrons. The number of carbonyl (C=O) groups is 2. The molecular weight excluding hydrogens is 518 g/mol. The van der Waals surface area contributed by atoms with Crippen molar-refractivity contribution in [2.45, 2.75) is 12.8 Å². The molecule has 1 amide bonds. The van der Waals surface area contributed by atoms with E-state index in [0.717, 1.165) is 27.7 Å². The molecule has 41 heavy (non-hydrogen) atoms. The van der Waals surface area contributed by atoms with Gasteiger partial charge in [0.2, 0.25) is 0 Å². The third-order valence-electron chi connectivity index (χ3n) is 6.97. The summed E-state index contributed by atoms with van der Waals surface area (Å²) in [4.78, 5) is 33.0. The van der Waals surface area contributed by atoms with Crippen molar-refractivity contribution in [3.8, 4) is 16.9 Å². The number of rotatable bonds is 10. The van der Waals surface area contributed by atoms with E-state index in [1.54, 1.807) is 36.5 Å². The summed E-state index contributed by atoms with van der Waals surface area (Å²) in [5.74, 6) is -0.974. The van der Waals surface area contributed by atoms with Crippen LogP contribution in [0.5, 0.6) is 5.75 Å². The number of amidine groups is 1. The second-order valence-corrected chi connectivity index (χ2v) is 9.58. The Kier molecular flexibility index (Phi) is 7.78. The zero-order chi connectivity index (χ0) is 28.9. The summed E-state index contributed by atoms with van der Waals surface area (Å²) in [7, 11) is 1.48. The van der Waals surface area contributed by atoms with Gasteiger partial charge in [-0.15, -0.1) is 0 Å². The Morgan fingerprint density at radius 1 is 1.00 bits per heavy atom. The van der Waals surface area contributed by atoms with Crippen LogP contribution in [0.4, 0.5) is 0 Å². The molecule has 0 saturated carbocycles. The number of carboxylic acids is 1. The first-order chi connectivity index (χ1) is 19.8. The quantitative estimate of drug-likeness (QED) is 0.125. The molecule has 0 fully saturated rings. The second kappa shape index (κ2) is 11.7. The van der Waals surface area contributed by atoms with Crippen molar-refractivity contribution < 1.29 is 19.4 Å². The SMILES string of the molecule is COc1ccc(-c2cc(C(=O)NCCc3ccccn3)ccc2Cc2c[nH]c3ccc(C(=N)N)cc23)c(C(=O)O)c1. The number of nitrogens with one attached hydrogen (secondary N) is 3. The molecule has 0 unspecified atom stereocenters. The van der Waals surface area contributed by atoms with Crippen molar-refractivity contribution in [2.75, 3.05) is 13.7 Å². The molecule has 9 nitrogen and oxygen atoms in total. The van der Waals surface area contributed by atoms with Gasteiger partial charge in [-0.05, 0) is 82.9 Å². The molecule has 0 atom stereocenters. The number of nitrogens with two attached hydrogens (primary N) is 1. The van der Waals surface area contributed by atoms with E-state index in [0.29, 0.717) is 47.4 Å². The van der Waals surface area contributed by atoms with Crippen LogP contribution in [-0.2, 0) is 12.8 Å². The fourth-order valence-electron chi connectivity index (χ4n) is 4.83. The summed E-state index contributed by atoms with van der Waals surface area (Å²) < 4.78 is 5.27. The number of carbonyl (C=O) groups excluding carboxylic acids is 1. The van der Waals surface area contributed by atoms with E-state index >= 15 is 0 Å². The molecule has 9 heteroatoms. The van der Waals surface area contributed by atoms with Crippen molar-refractivity contribution >= 4 is 28.6 Å². The summed E-state index contributed by atoms with van der Waals surface area (Å²) in [5.41, 5.74) is 11.5. The maximum absolute atomic E-state index is 13.1. The highest BCUT2D eigenvalue weighted by atomic mass is 16.5. The van der Waals surface area contributed by atoms with Crippen molar-refractivity contribution in [1.82, 2.24) is 15.3 Å². The van der Waals surface area contributed by atoms with Gasteiger partial charge in [-0.3, -0.25) is 15.2 Å². The molecule has 0 aliphatic rings. The molecule has 0 aliphatic carbocycles. The monoisotopic (exact) mass is 547 g/mol. The first kappa shape index (κ1) is 27.1. The van der Waals surface area contributed by atoms with Crippen LogP contribution < -0.4 is 15.8 Å². The number of nitrogens with zero attached hydrogens (tertiary/aromatic N) is 1. The van der Waals surface area contributed by atoms with Crippen LogP contribution in [-0.4, -0.2) is 46.4 Å².